The van der Waals surface area contributed by atoms with E-state index in [1.54, 1.807) is 18.5 Å². The molecule has 0 unspecified atom stereocenters. The first-order valence-electron chi connectivity index (χ1n) is 13.9. The first-order chi connectivity index (χ1) is 19.4. The third kappa shape index (κ3) is 5.61. The maximum absolute atomic E-state index is 13.2. The normalized spacial score (nSPS) is 18.3. The number of rotatable bonds is 7. The van der Waals surface area contributed by atoms with E-state index in [2.05, 4.69) is 42.5 Å². The molecule has 2 aliphatic heterocycles. The summed E-state index contributed by atoms with van der Waals surface area (Å²) in [6.07, 6.45) is 11.2. The van der Waals surface area contributed by atoms with Crippen molar-refractivity contribution in [1.82, 2.24) is 29.6 Å². The van der Waals surface area contributed by atoms with Crippen molar-refractivity contribution in [1.29, 1.82) is 0 Å². The number of nitrogens with one attached hydrogen (secondary N) is 3. The van der Waals surface area contributed by atoms with Gasteiger partial charge in [-0.2, -0.15) is 5.10 Å². The highest BCUT2D eigenvalue weighted by atomic mass is 16.5. The van der Waals surface area contributed by atoms with Crippen molar-refractivity contribution in [2.24, 2.45) is 0 Å². The fraction of sp³-hybridized carbons (Fsp3) is 0.414. The third-order valence-electron chi connectivity index (χ3n) is 7.87. The zero-order valence-corrected chi connectivity index (χ0v) is 22.8. The van der Waals surface area contributed by atoms with Gasteiger partial charge in [0.2, 0.25) is 5.91 Å². The molecule has 0 radical (unpaired) electrons. The van der Waals surface area contributed by atoms with E-state index in [1.165, 1.54) is 0 Å². The van der Waals surface area contributed by atoms with Gasteiger partial charge in [-0.05, 0) is 64.3 Å². The van der Waals surface area contributed by atoms with Crippen LogP contribution in [0.3, 0.4) is 0 Å². The first kappa shape index (κ1) is 26.1. The summed E-state index contributed by atoms with van der Waals surface area (Å²) in [5, 5.41) is 11.2. The zero-order valence-electron chi connectivity index (χ0n) is 22.8. The minimum absolute atomic E-state index is 0.0899. The maximum Gasteiger partial charge on any atom is 0.257 e. The van der Waals surface area contributed by atoms with Gasteiger partial charge in [0, 0.05) is 42.6 Å². The zero-order chi connectivity index (χ0) is 27.6. The summed E-state index contributed by atoms with van der Waals surface area (Å²) in [7, 11) is 0. The Balaban J connectivity index is 1.14. The molecule has 6 rings (SSSR count). The van der Waals surface area contributed by atoms with Crippen LogP contribution in [0.1, 0.15) is 54.7 Å². The molecule has 0 aromatic carbocycles. The van der Waals surface area contributed by atoms with Crippen molar-refractivity contribution in [2.45, 2.75) is 51.6 Å². The fourth-order valence-electron chi connectivity index (χ4n) is 5.46. The predicted octanol–water partition coefficient (Wildman–Crippen LogP) is 4.16. The van der Waals surface area contributed by atoms with Crippen molar-refractivity contribution in [3.05, 3.63) is 54.2 Å². The number of amides is 2. The summed E-state index contributed by atoms with van der Waals surface area (Å²) in [6.45, 7) is 6.75. The van der Waals surface area contributed by atoms with E-state index in [0.29, 0.717) is 46.9 Å². The Morgan fingerprint density at radius 1 is 1.07 bits per heavy atom. The van der Waals surface area contributed by atoms with Crippen LogP contribution < -0.4 is 10.6 Å². The number of carbonyl (C=O) groups excluding carboxylic acids is 2. The summed E-state index contributed by atoms with van der Waals surface area (Å²) in [4.78, 5) is 40.1. The Morgan fingerprint density at radius 3 is 2.73 bits per heavy atom. The second kappa shape index (κ2) is 11.2. The number of H-pyrrole nitrogens is 1. The topological polar surface area (TPSA) is 130 Å². The molecular formula is C29H34N8O3. The summed E-state index contributed by atoms with van der Waals surface area (Å²) in [5.41, 5.74) is 4.71. The molecule has 11 heteroatoms. The highest BCUT2D eigenvalue weighted by molar-refractivity contribution is 6.06. The lowest BCUT2D eigenvalue weighted by Gasteiger charge is -2.22. The Kier molecular flexibility index (Phi) is 7.31. The van der Waals surface area contributed by atoms with Crippen LogP contribution in [0, 0.1) is 6.92 Å². The summed E-state index contributed by atoms with van der Waals surface area (Å²) < 4.78 is 7.47. The van der Waals surface area contributed by atoms with E-state index in [1.807, 2.05) is 36.1 Å². The van der Waals surface area contributed by atoms with E-state index in [9.17, 15) is 9.59 Å². The molecule has 40 heavy (non-hydrogen) atoms. The van der Waals surface area contributed by atoms with Crippen molar-refractivity contribution in [2.75, 3.05) is 36.9 Å². The van der Waals surface area contributed by atoms with Gasteiger partial charge in [-0.3, -0.25) is 24.2 Å². The maximum atomic E-state index is 13.2. The van der Waals surface area contributed by atoms with Crippen molar-refractivity contribution >= 4 is 34.2 Å². The first-order valence-corrected chi connectivity index (χ1v) is 13.9. The second-order valence-corrected chi connectivity index (χ2v) is 10.7. The van der Waals surface area contributed by atoms with Crippen LogP contribution in [0.25, 0.3) is 22.3 Å². The molecule has 2 saturated heterocycles. The van der Waals surface area contributed by atoms with Crippen LogP contribution in [0.5, 0.6) is 0 Å². The summed E-state index contributed by atoms with van der Waals surface area (Å²) >= 11 is 0. The van der Waals surface area contributed by atoms with Gasteiger partial charge < -0.3 is 20.4 Å². The SMILES string of the molecule is Cc1ncc(NC(=O)CN2CCC[C@@H]2C)cc1NC(=O)c1cnc2[nH]c(-c3cnn(C4CCOCC4)c3)cc2c1. The lowest BCUT2D eigenvalue weighted by molar-refractivity contribution is -0.117. The molecular weight excluding hydrogens is 508 g/mol. The molecule has 0 spiro atoms. The van der Waals surface area contributed by atoms with Gasteiger partial charge in [0.05, 0.1) is 53.3 Å². The monoisotopic (exact) mass is 542 g/mol. The molecule has 4 aromatic rings. The highest BCUT2D eigenvalue weighted by Gasteiger charge is 2.23. The van der Waals surface area contributed by atoms with Gasteiger partial charge in [-0.15, -0.1) is 0 Å². The molecule has 6 heterocycles. The molecule has 4 aromatic heterocycles. The second-order valence-electron chi connectivity index (χ2n) is 10.7. The van der Waals surface area contributed by atoms with Crippen molar-refractivity contribution in [3.63, 3.8) is 0 Å². The molecule has 1 atom stereocenters. The Hall–Kier alpha value is -4.09. The number of aromatic nitrogens is 5. The Morgan fingerprint density at radius 2 is 1.93 bits per heavy atom. The van der Waals surface area contributed by atoms with Crippen molar-refractivity contribution in [3.8, 4) is 11.3 Å². The average Bonchev–Trinajstić information content (AvgIpc) is 3.70. The number of carbonyl (C=O) groups is 2. The van der Waals surface area contributed by atoms with Crippen LogP contribution in [0.15, 0.2) is 43.0 Å². The van der Waals surface area contributed by atoms with Gasteiger partial charge in [-0.25, -0.2) is 4.98 Å². The fourth-order valence-corrected chi connectivity index (χ4v) is 5.46. The molecule has 0 aliphatic carbocycles. The van der Waals surface area contributed by atoms with E-state index in [0.717, 1.165) is 62.1 Å². The number of fused-ring (bicyclic) bond motifs is 1. The highest BCUT2D eigenvalue weighted by Crippen LogP contribution is 2.27. The minimum Gasteiger partial charge on any atom is -0.381 e. The van der Waals surface area contributed by atoms with Gasteiger partial charge in [0.1, 0.15) is 5.65 Å². The lowest BCUT2D eigenvalue weighted by Crippen LogP contribution is -2.35. The molecule has 3 N–H and O–H groups in total. The number of hydrogen-bond donors (Lipinski definition) is 3. The molecule has 0 bridgehead atoms. The molecule has 2 amide bonds. The molecule has 0 saturated carbocycles. The molecule has 11 nitrogen and oxygen atoms in total. The van der Waals surface area contributed by atoms with Gasteiger partial charge in [0.15, 0.2) is 0 Å². The van der Waals surface area contributed by atoms with Crippen LogP contribution in [-0.4, -0.2) is 73.8 Å². The number of pyridine rings is 2. The number of hydrogen-bond acceptors (Lipinski definition) is 7. The number of aromatic amines is 1. The van der Waals surface area contributed by atoms with Gasteiger partial charge in [0.25, 0.3) is 5.91 Å². The third-order valence-corrected chi connectivity index (χ3v) is 7.87. The van der Waals surface area contributed by atoms with Crippen LogP contribution in [0.2, 0.25) is 0 Å². The van der Waals surface area contributed by atoms with Crippen LogP contribution in [-0.2, 0) is 9.53 Å². The minimum atomic E-state index is -0.302. The predicted molar refractivity (Wildman–Crippen MR) is 152 cm³/mol. The van der Waals surface area contributed by atoms with Crippen LogP contribution >= 0.6 is 0 Å². The van der Waals surface area contributed by atoms with Crippen LogP contribution in [0.4, 0.5) is 11.4 Å². The quantitative estimate of drug-likeness (QED) is 0.320. The van der Waals surface area contributed by atoms with E-state index < -0.39 is 0 Å². The number of ether oxygens (including phenoxy) is 1. The molecule has 2 fully saturated rings. The Labute approximate surface area is 232 Å². The number of anilines is 2. The lowest BCUT2D eigenvalue weighted by atomic mass is 10.1. The van der Waals surface area contributed by atoms with Crippen molar-refractivity contribution < 1.29 is 14.3 Å². The average molecular weight is 543 g/mol. The smallest absolute Gasteiger partial charge is 0.257 e. The number of nitrogens with zero attached hydrogens (tertiary/aromatic N) is 5. The molecule has 2 aliphatic rings. The molecule has 208 valence electrons. The van der Waals surface area contributed by atoms with Gasteiger partial charge in [-0.1, -0.05) is 0 Å². The standard InChI is InChI=1S/C29H34N8O3/c1-18-4-3-7-36(18)17-27(38)33-23-12-25(19(2)30-15-23)35-29(39)21-10-20-11-26(34-28(20)31-13-21)22-14-32-37(16-22)24-5-8-40-9-6-24/h10-16,18,24H,3-9,17H2,1-2H3,(H,31,34)(H,33,38)(H,35,39)/t18-/m0/s1. The van der Waals surface area contributed by atoms with E-state index >= 15 is 0 Å². The van der Waals surface area contributed by atoms with E-state index in [4.69, 9.17) is 4.74 Å². The largest absolute Gasteiger partial charge is 0.381 e. The van der Waals surface area contributed by atoms with E-state index in [-0.39, 0.29) is 11.8 Å². The summed E-state index contributed by atoms with van der Waals surface area (Å²) in [6, 6.07) is 6.29. The summed E-state index contributed by atoms with van der Waals surface area (Å²) in [5.74, 6) is -0.392. The number of likely N-dealkylation sites (tertiary alicyclic amines) is 1. The van der Waals surface area contributed by atoms with Gasteiger partial charge >= 0.3 is 0 Å². The number of aryl methyl sites for hydroxylation is 1. The Bertz CT molecular complexity index is 1540.